The van der Waals surface area contributed by atoms with Crippen molar-refractivity contribution in [3.05, 3.63) is 48.0 Å². The molecule has 6 nitrogen and oxygen atoms in total. The van der Waals surface area contributed by atoms with Gasteiger partial charge in [-0.2, -0.15) is 0 Å². The molecule has 1 aromatic heterocycles. The number of amides is 1. The molecule has 0 saturated carbocycles. The fraction of sp³-hybridized carbons (Fsp3) is 0.333. The summed E-state index contributed by atoms with van der Waals surface area (Å²) >= 11 is 1.47. The molecule has 1 unspecified atom stereocenters. The van der Waals surface area contributed by atoms with Gasteiger partial charge in [-0.3, -0.25) is 9.69 Å². The zero-order valence-electron chi connectivity index (χ0n) is 15.9. The van der Waals surface area contributed by atoms with Crippen LogP contribution in [-0.4, -0.2) is 44.4 Å². The Labute approximate surface area is 167 Å². The normalized spacial score (nSPS) is 16.3. The summed E-state index contributed by atoms with van der Waals surface area (Å²) in [6, 6.07) is 13.0. The van der Waals surface area contributed by atoms with E-state index in [1.807, 2.05) is 30.3 Å². The second-order valence-corrected chi connectivity index (χ2v) is 7.59. The number of nitrogens with zero attached hydrogens (tertiary/aromatic N) is 2. The number of thiazole rings is 1. The molecule has 7 heteroatoms. The SMILES string of the molecule is COc1ccc2nc(N(CC3CCCO3)C(=O)c3ccccc3OC)sc2c1. The number of hydrogen-bond donors (Lipinski definition) is 0. The van der Waals surface area contributed by atoms with E-state index in [2.05, 4.69) is 0 Å². The molecule has 2 aromatic carbocycles. The summed E-state index contributed by atoms with van der Waals surface area (Å²) in [5, 5.41) is 0.648. The van der Waals surface area contributed by atoms with Gasteiger partial charge in [-0.05, 0) is 43.2 Å². The molecule has 28 heavy (non-hydrogen) atoms. The molecular weight excluding hydrogens is 376 g/mol. The van der Waals surface area contributed by atoms with E-state index in [-0.39, 0.29) is 12.0 Å². The van der Waals surface area contributed by atoms with Crippen LogP contribution in [0.4, 0.5) is 5.13 Å². The molecule has 0 N–H and O–H groups in total. The van der Waals surface area contributed by atoms with Gasteiger partial charge in [-0.1, -0.05) is 23.5 Å². The lowest BCUT2D eigenvalue weighted by molar-refractivity contribution is 0.0915. The summed E-state index contributed by atoms with van der Waals surface area (Å²) < 4.78 is 17.5. The number of fused-ring (bicyclic) bond motifs is 1. The van der Waals surface area contributed by atoms with Crippen LogP contribution in [0, 0.1) is 0 Å². The number of benzene rings is 2. The predicted octanol–water partition coefficient (Wildman–Crippen LogP) is 4.14. The highest BCUT2D eigenvalue weighted by Crippen LogP contribution is 2.33. The maximum Gasteiger partial charge on any atom is 0.263 e. The number of carbonyl (C=O) groups excluding carboxylic acids is 1. The second kappa shape index (κ2) is 8.16. The lowest BCUT2D eigenvalue weighted by atomic mass is 10.1. The number of methoxy groups -OCH3 is 2. The first-order valence-electron chi connectivity index (χ1n) is 9.20. The Morgan fingerprint density at radius 1 is 1.25 bits per heavy atom. The van der Waals surface area contributed by atoms with E-state index in [0.29, 0.717) is 23.0 Å². The first-order valence-corrected chi connectivity index (χ1v) is 10.0. The van der Waals surface area contributed by atoms with Gasteiger partial charge in [0.05, 0.1) is 42.6 Å². The van der Waals surface area contributed by atoms with Crippen molar-refractivity contribution in [3.63, 3.8) is 0 Å². The van der Waals surface area contributed by atoms with Crippen molar-refractivity contribution in [1.82, 2.24) is 4.98 Å². The van der Waals surface area contributed by atoms with Gasteiger partial charge in [-0.25, -0.2) is 4.98 Å². The Balaban J connectivity index is 1.73. The molecule has 1 saturated heterocycles. The number of para-hydroxylation sites is 1. The minimum Gasteiger partial charge on any atom is -0.497 e. The van der Waals surface area contributed by atoms with E-state index in [1.54, 1.807) is 31.3 Å². The lowest BCUT2D eigenvalue weighted by Gasteiger charge is -2.23. The van der Waals surface area contributed by atoms with Crippen molar-refractivity contribution in [2.45, 2.75) is 18.9 Å². The van der Waals surface area contributed by atoms with Crippen LogP contribution in [0.5, 0.6) is 11.5 Å². The van der Waals surface area contributed by atoms with Gasteiger partial charge in [0.25, 0.3) is 5.91 Å². The molecule has 0 aliphatic carbocycles. The first-order chi connectivity index (χ1) is 13.7. The van der Waals surface area contributed by atoms with Gasteiger partial charge in [0.1, 0.15) is 11.5 Å². The monoisotopic (exact) mass is 398 g/mol. The number of rotatable bonds is 6. The quantitative estimate of drug-likeness (QED) is 0.625. The van der Waals surface area contributed by atoms with Gasteiger partial charge in [0.15, 0.2) is 5.13 Å². The highest BCUT2D eigenvalue weighted by atomic mass is 32.1. The number of aromatic nitrogens is 1. The largest absolute Gasteiger partial charge is 0.497 e. The number of anilines is 1. The standard InChI is InChI=1S/C21H22N2O4S/c1-25-14-9-10-17-19(12-14)28-21(22-17)23(13-15-6-5-11-27-15)20(24)16-7-3-4-8-18(16)26-2/h3-4,7-10,12,15H,5-6,11,13H2,1-2H3. The molecule has 3 aromatic rings. The van der Waals surface area contributed by atoms with Crippen molar-refractivity contribution in [2.24, 2.45) is 0 Å². The van der Waals surface area contributed by atoms with Crippen molar-refractivity contribution in [3.8, 4) is 11.5 Å². The van der Waals surface area contributed by atoms with Crippen LogP contribution in [0.15, 0.2) is 42.5 Å². The third-order valence-corrected chi connectivity index (χ3v) is 5.85. The fourth-order valence-corrected chi connectivity index (χ4v) is 4.34. The third-order valence-electron chi connectivity index (χ3n) is 4.81. The van der Waals surface area contributed by atoms with Crippen molar-refractivity contribution in [2.75, 3.05) is 32.3 Å². The van der Waals surface area contributed by atoms with E-state index >= 15 is 0 Å². The summed E-state index contributed by atoms with van der Waals surface area (Å²) in [4.78, 5) is 19.9. The summed E-state index contributed by atoms with van der Waals surface area (Å²) in [7, 11) is 3.21. The van der Waals surface area contributed by atoms with Crippen LogP contribution in [0.1, 0.15) is 23.2 Å². The second-order valence-electron chi connectivity index (χ2n) is 6.58. The fourth-order valence-electron chi connectivity index (χ4n) is 3.34. The predicted molar refractivity (Wildman–Crippen MR) is 110 cm³/mol. The molecule has 1 amide bonds. The summed E-state index contributed by atoms with van der Waals surface area (Å²) in [5.74, 6) is 1.18. The summed E-state index contributed by atoms with van der Waals surface area (Å²) in [6.07, 6.45) is 1.97. The van der Waals surface area contributed by atoms with E-state index < -0.39 is 0 Å². The number of ether oxygens (including phenoxy) is 3. The van der Waals surface area contributed by atoms with Crippen LogP contribution >= 0.6 is 11.3 Å². The molecule has 2 heterocycles. The van der Waals surface area contributed by atoms with Crippen molar-refractivity contribution < 1.29 is 19.0 Å². The Hall–Kier alpha value is -2.64. The minimum absolute atomic E-state index is 0.0141. The van der Waals surface area contributed by atoms with Crippen LogP contribution in [0.25, 0.3) is 10.2 Å². The maximum absolute atomic E-state index is 13.4. The van der Waals surface area contributed by atoms with Crippen LogP contribution in [0.2, 0.25) is 0 Å². The van der Waals surface area contributed by atoms with Gasteiger partial charge in [-0.15, -0.1) is 0 Å². The van der Waals surface area contributed by atoms with E-state index in [9.17, 15) is 4.79 Å². The Kier molecular flexibility index (Phi) is 5.45. The minimum atomic E-state index is -0.140. The lowest BCUT2D eigenvalue weighted by Crippen LogP contribution is -2.37. The average Bonchev–Trinajstić information content (AvgIpc) is 3.40. The summed E-state index contributed by atoms with van der Waals surface area (Å²) in [6.45, 7) is 1.20. The molecule has 1 aliphatic heterocycles. The molecule has 146 valence electrons. The van der Waals surface area contributed by atoms with E-state index in [1.165, 1.54) is 11.3 Å². The third kappa shape index (κ3) is 3.68. The van der Waals surface area contributed by atoms with Crippen LogP contribution in [0.3, 0.4) is 0 Å². The first kappa shape index (κ1) is 18.7. The topological polar surface area (TPSA) is 60.9 Å². The zero-order chi connectivity index (χ0) is 19.5. The zero-order valence-corrected chi connectivity index (χ0v) is 16.7. The Morgan fingerprint density at radius 2 is 2.11 bits per heavy atom. The molecule has 0 bridgehead atoms. The molecule has 1 fully saturated rings. The molecule has 1 atom stereocenters. The Morgan fingerprint density at radius 3 is 2.86 bits per heavy atom. The maximum atomic E-state index is 13.4. The van der Waals surface area contributed by atoms with Crippen LogP contribution < -0.4 is 14.4 Å². The number of hydrogen-bond acceptors (Lipinski definition) is 6. The van der Waals surface area contributed by atoms with Gasteiger partial charge >= 0.3 is 0 Å². The molecule has 1 aliphatic rings. The average molecular weight is 398 g/mol. The summed E-state index contributed by atoms with van der Waals surface area (Å²) in [5.41, 5.74) is 1.35. The van der Waals surface area contributed by atoms with E-state index in [0.717, 1.165) is 35.4 Å². The molecule has 4 rings (SSSR count). The smallest absolute Gasteiger partial charge is 0.263 e. The Bertz CT molecular complexity index is 981. The van der Waals surface area contributed by atoms with Gasteiger partial charge < -0.3 is 14.2 Å². The molecular formula is C21H22N2O4S. The van der Waals surface area contributed by atoms with Crippen molar-refractivity contribution >= 4 is 32.6 Å². The van der Waals surface area contributed by atoms with Gasteiger partial charge in [0, 0.05) is 6.61 Å². The number of carbonyl (C=O) groups is 1. The van der Waals surface area contributed by atoms with E-state index in [4.69, 9.17) is 19.2 Å². The molecule has 0 spiro atoms. The highest BCUT2D eigenvalue weighted by Gasteiger charge is 2.28. The molecule has 0 radical (unpaired) electrons. The van der Waals surface area contributed by atoms with Crippen molar-refractivity contribution in [1.29, 1.82) is 0 Å². The van der Waals surface area contributed by atoms with Gasteiger partial charge in [0.2, 0.25) is 0 Å². The van der Waals surface area contributed by atoms with Crippen LogP contribution in [-0.2, 0) is 4.74 Å². The highest BCUT2D eigenvalue weighted by molar-refractivity contribution is 7.22.